The summed E-state index contributed by atoms with van der Waals surface area (Å²) < 4.78 is 5.96. The van der Waals surface area contributed by atoms with Gasteiger partial charge in [-0.2, -0.15) is 0 Å². The average Bonchev–Trinajstić information content (AvgIpc) is 2.74. The van der Waals surface area contributed by atoms with Crippen molar-refractivity contribution in [3.05, 3.63) is 46.9 Å². The molecule has 0 radical (unpaired) electrons. The highest BCUT2D eigenvalue weighted by molar-refractivity contribution is 5.54. The Morgan fingerprint density at radius 3 is 2.78 bits per heavy atom. The molecule has 1 aromatic heterocycles. The number of aromatic nitrogens is 2. The molecular formula is C18H22N4O. The largest absolute Gasteiger partial charge is 0.487 e. The topological polar surface area (TPSA) is 64.3 Å². The molecule has 3 heterocycles. The lowest BCUT2D eigenvalue weighted by Crippen LogP contribution is -2.40. The summed E-state index contributed by atoms with van der Waals surface area (Å²) in [6.07, 6.45) is 2.86. The Balaban J connectivity index is 1.76. The van der Waals surface area contributed by atoms with Crippen LogP contribution in [0.3, 0.4) is 0 Å². The van der Waals surface area contributed by atoms with Crippen LogP contribution in [0.4, 0.5) is 5.82 Å². The van der Waals surface area contributed by atoms with Gasteiger partial charge in [0, 0.05) is 31.1 Å². The molecule has 0 spiro atoms. The summed E-state index contributed by atoms with van der Waals surface area (Å²) in [4.78, 5) is 11.8. The van der Waals surface area contributed by atoms with Crippen molar-refractivity contribution in [3.63, 3.8) is 0 Å². The van der Waals surface area contributed by atoms with Crippen LogP contribution in [0.15, 0.2) is 24.3 Å². The van der Waals surface area contributed by atoms with Crippen molar-refractivity contribution < 1.29 is 4.74 Å². The van der Waals surface area contributed by atoms with E-state index in [2.05, 4.69) is 22.0 Å². The first-order valence-corrected chi connectivity index (χ1v) is 8.28. The van der Waals surface area contributed by atoms with Crippen molar-refractivity contribution in [2.24, 2.45) is 5.73 Å². The molecule has 0 atom stereocenters. The van der Waals surface area contributed by atoms with Gasteiger partial charge in [0.15, 0.2) is 0 Å². The SMILES string of the molecule is Cc1nc2c(c(N3CCC(N)CC3)n1)Cc1ccccc1OC2. The number of anilines is 1. The van der Waals surface area contributed by atoms with Crippen LogP contribution in [-0.4, -0.2) is 29.1 Å². The van der Waals surface area contributed by atoms with Gasteiger partial charge in [0.25, 0.3) is 0 Å². The van der Waals surface area contributed by atoms with Gasteiger partial charge >= 0.3 is 0 Å². The quantitative estimate of drug-likeness (QED) is 0.875. The zero-order valence-electron chi connectivity index (χ0n) is 13.5. The summed E-state index contributed by atoms with van der Waals surface area (Å²) in [7, 11) is 0. The molecule has 5 nitrogen and oxygen atoms in total. The van der Waals surface area contributed by atoms with Crippen LogP contribution < -0.4 is 15.4 Å². The maximum Gasteiger partial charge on any atom is 0.136 e. The van der Waals surface area contributed by atoms with Gasteiger partial charge in [-0.15, -0.1) is 0 Å². The summed E-state index contributed by atoms with van der Waals surface area (Å²) in [5, 5.41) is 0. The zero-order valence-corrected chi connectivity index (χ0v) is 13.5. The lowest BCUT2D eigenvalue weighted by atomic mass is 10.0. The number of fused-ring (bicyclic) bond motifs is 2. The van der Waals surface area contributed by atoms with E-state index < -0.39 is 0 Å². The minimum atomic E-state index is 0.317. The molecule has 0 bridgehead atoms. The molecule has 1 saturated heterocycles. The Morgan fingerprint density at radius 1 is 1.17 bits per heavy atom. The number of para-hydroxylation sites is 1. The molecule has 2 aromatic rings. The number of hydrogen-bond acceptors (Lipinski definition) is 5. The third-order valence-corrected chi connectivity index (χ3v) is 4.73. The summed E-state index contributed by atoms with van der Waals surface area (Å²) in [6.45, 7) is 4.40. The summed E-state index contributed by atoms with van der Waals surface area (Å²) in [5.41, 5.74) is 9.47. The van der Waals surface area contributed by atoms with E-state index in [0.717, 1.165) is 55.4 Å². The number of benzene rings is 1. The average molecular weight is 310 g/mol. The van der Waals surface area contributed by atoms with E-state index in [4.69, 9.17) is 15.5 Å². The van der Waals surface area contributed by atoms with Crippen molar-refractivity contribution in [1.29, 1.82) is 0 Å². The van der Waals surface area contributed by atoms with Gasteiger partial charge in [0.1, 0.15) is 24.0 Å². The molecule has 2 aliphatic heterocycles. The van der Waals surface area contributed by atoms with Gasteiger partial charge in [0.2, 0.25) is 0 Å². The first-order valence-electron chi connectivity index (χ1n) is 8.28. The van der Waals surface area contributed by atoms with E-state index in [1.807, 2.05) is 19.1 Å². The number of piperidine rings is 1. The van der Waals surface area contributed by atoms with Gasteiger partial charge in [-0.3, -0.25) is 0 Å². The predicted octanol–water partition coefficient (Wildman–Crippen LogP) is 2.20. The lowest BCUT2D eigenvalue weighted by Gasteiger charge is -2.32. The maximum atomic E-state index is 6.05. The van der Waals surface area contributed by atoms with Crippen LogP contribution in [0.1, 0.15) is 35.5 Å². The molecule has 5 heteroatoms. The predicted molar refractivity (Wildman–Crippen MR) is 89.8 cm³/mol. The first-order chi connectivity index (χ1) is 11.2. The summed E-state index contributed by atoms with van der Waals surface area (Å²) in [6, 6.07) is 8.54. The van der Waals surface area contributed by atoms with E-state index in [1.165, 1.54) is 11.1 Å². The minimum absolute atomic E-state index is 0.317. The van der Waals surface area contributed by atoms with Gasteiger partial charge in [0.05, 0.1) is 5.69 Å². The Hall–Kier alpha value is -2.14. The van der Waals surface area contributed by atoms with E-state index in [-0.39, 0.29) is 0 Å². The number of hydrogen-bond donors (Lipinski definition) is 1. The Bertz CT molecular complexity index is 723. The third-order valence-electron chi connectivity index (χ3n) is 4.73. The summed E-state index contributed by atoms with van der Waals surface area (Å²) >= 11 is 0. The van der Waals surface area contributed by atoms with Crippen molar-refractivity contribution in [3.8, 4) is 5.75 Å². The zero-order chi connectivity index (χ0) is 15.8. The number of nitrogens with two attached hydrogens (primary N) is 1. The van der Waals surface area contributed by atoms with Crippen LogP contribution >= 0.6 is 0 Å². The second kappa shape index (κ2) is 5.81. The molecule has 0 saturated carbocycles. The standard InChI is InChI=1S/C18H22N4O/c1-12-20-16-11-23-17-5-3-2-4-13(17)10-15(16)18(21-12)22-8-6-14(19)7-9-22/h2-5,14H,6-11,19H2,1H3. The van der Waals surface area contributed by atoms with E-state index >= 15 is 0 Å². The third kappa shape index (κ3) is 2.77. The molecule has 0 amide bonds. The molecule has 1 fully saturated rings. The van der Waals surface area contributed by atoms with Gasteiger partial charge in [-0.25, -0.2) is 9.97 Å². The monoisotopic (exact) mass is 310 g/mol. The van der Waals surface area contributed by atoms with Gasteiger partial charge in [-0.05, 0) is 31.4 Å². The van der Waals surface area contributed by atoms with E-state index in [1.54, 1.807) is 0 Å². The maximum absolute atomic E-state index is 6.05. The highest BCUT2D eigenvalue weighted by atomic mass is 16.5. The number of ether oxygens (including phenoxy) is 1. The van der Waals surface area contributed by atoms with Crippen molar-refractivity contribution in [2.45, 2.75) is 38.8 Å². The Morgan fingerprint density at radius 2 is 1.96 bits per heavy atom. The fourth-order valence-corrected chi connectivity index (χ4v) is 3.44. The van der Waals surface area contributed by atoms with Crippen LogP contribution in [0.5, 0.6) is 5.75 Å². The number of nitrogens with zero attached hydrogens (tertiary/aromatic N) is 3. The normalized spacial score (nSPS) is 17.9. The summed E-state index contributed by atoms with van der Waals surface area (Å²) in [5.74, 6) is 2.83. The molecule has 0 unspecified atom stereocenters. The fraction of sp³-hybridized carbons (Fsp3) is 0.444. The van der Waals surface area contributed by atoms with Crippen molar-refractivity contribution >= 4 is 5.82 Å². The first kappa shape index (κ1) is 14.5. The smallest absolute Gasteiger partial charge is 0.136 e. The second-order valence-electron chi connectivity index (χ2n) is 6.42. The van der Waals surface area contributed by atoms with Crippen LogP contribution in [0.2, 0.25) is 0 Å². The fourth-order valence-electron chi connectivity index (χ4n) is 3.44. The highest BCUT2D eigenvalue weighted by Crippen LogP contribution is 2.32. The van der Waals surface area contributed by atoms with Crippen LogP contribution in [0.25, 0.3) is 0 Å². The van der Waals surface area contributed by atoms with Crippen LogP contribution in [0, 0.1) is 6.92 Å². The van der Waals surface area contributed by atoms with E-state index in [9.17, 15) is 0 Å². The molecule has 0 aliphatic carbocycles. The van der Waals surface area contributed by atoms with Gasteiger partial charge in [-0.1, -0.05) is 18.2 Å². The van der Waals surface area contributed by atoms with Gasteiger partial charge < -0.3 is 15.4 Å². The van der Waals surface area contributed by atoms with Crippen LogP contribution in [-0.2, 0) is 13.0 Å². The highest BCUT2D eigenvalue weighted by Gasteiger charge is 2.25. The molecule has 120 valence electrons. The van der Waals surface area contributed by atoms with Crippen molar-refractivity contribution in [2.75, 3.05) is 18.0 Å². The second-order valence-corrected chi connectivity index (χ2v) is 6.42. The molecule has 23 heavy (non-hydrogen) atoms. The minimum Gasteiger partial charge on any atom is -0.487 e. The number of rotatable bonds is 1. The molecule has 1 aromatic carbocycles. The Labute approximate surface area is 136 Å². The molecule has 4 rings (SSSR count). The molecule has 2 aliphatic rings. The lowest BCUT2D eigenvalue weighted by molar-refractivity contribution is 0.301. The van der Waals surface area contributed by atoms with E-state index in [0.29, 0.717) is 12.6 Å². The number of aryl methyl sites for hydroxylation is 1. The Kier molecular flexibility index (Phi) is 3.65. The molecule has 2 N–H and O–H groups in total. The van der Waals surface area contributed by atoms with Crippen molar-refractivity contribution in [1.82, 2.24) is 9.97 Å². The molecular weight excluding hydrogens is 288 g/mol.